The van der Waals surface area contributed by atoms with Crippen LogP contribution >= 0.6 is 23.8 Å². The van der Waals surface area contributed by atoms with Gasteiger partial charge in [0.1, 0.15) is 5.70 Å². The van der Waals surface area contributed by atoms with Crippen LogP contribution in [0.1, 0.15) is 5.56 Å². The molecule has 1 aromatic heterocycles. The maximum absolute atomic E-state index is 12.8. The molecule has 5 nitrogen and oxygen atoms in total. The van der Waals surface area contributed by atoms with Gasteiger partial charge in [-0.05, 0) is 42.6 Å². The van der Waals surface area contributed by atoms with Crippen molar-refractivity contribution in [1.82, 2.24) is 15.1 Å². The summed E-state index contributed by atoms with van der Waals surface area (Å²) in [6.07, 6.45) is 5.26. The number of carbonyl (C=O) groups is 1. The molecule has 1 amide bonds. The molecule has 1 fully saturated rings. The van der Waals surface area contributed by atoms with Crippen molar-refractivity contribution in [3.63, 3.8) is 0 Å². The zero-order valence-electron chi connectivity index (χ0n) is 13.5. The lowest BCUT2D eigenvalue weighted by atomic mass is 10.2. The van der Waals surface area contributed by atoms with Crippen LogP contribution in [0.15, 0.2) is 72.7 Å². The molecule has 2 aromatic carbocycles. The minimum atomic E-state index is -0.254. The van der Waals surface area contributed by atoms with Crippen LogP contribution in [0.5, 0.6) is 0 Å². The second-order valence-electron chi connectivity index (χ2n) is 5.63. The van der Waals surface area contributed by atoms with Crippen molar-refractivity contribution in [2.75, 3.05) is 4.90 Å². The number of anilines is 1. The Balaban J connectivity index is 1.63. The van der Waals surface area contributed by atoms with Gasteiger partial charge in [-0.15, -0.1) is 0 Å². The predicted molar refractivity (Wildman–Crippen MR) is 106 cm³/mol. The largest absolute Gasteiger partial charge is 0.327 e. The molecule has 1 aliphatic rings. The molecule has 0 bridgehead atoms. The Morgan fingerprint density at radius 3 is 2.58 bits per heavy atom. The Kier molecular flexibility index (Phi) is 4.28. The van der Waals surface area contributed by atoms with E-state index >= 15 is 0 Å². The SMILES string of the molecule is O=C1/C(=C\c2cnn(-c3ccccc3)c2)NC(=S)N1c1ccccc1Cl. The van der Waals surface area contributed by atoms with Gasteiger partial charge in [-0.25, -0.2) is 4.68 Å². The number of rotatable bonds is 3. The van der Waals surface area contributed by atoms with Gasteiger partial charge in [0, 0.05) is 11.8 Å². The van der Waals surface area contributed by atoms with Crippen molar-refractivity contribution in [2.45, 2.75) is 0 Å². The first-order valence-corrected chi connectivity index (χ1v) is 8.64. The van der Waals surface area contributed by atoms with Gasteiger partial charge in [0.15, 0.2) is 5.11 Å². The summed E-state index contributed by atoms with van der Waals surface area (Å²) in [5.74, 6) is -0.254. The fourth-order valence-corrected chi connectivity index (χ4v) is 3.20. The smallest absolute Gasteiger partial charge is 0.281 e. The number of amides is 1. The second-order valence-corrected chi connectivity index (χ2v) is 6.43. The van der Waals surface area contributed by atoms with Gasteiger partial charge in [-0.1, -0.05) is 41.9 Å². The van der Waals surface area contributed by atoms with Gasteiger partial charge in [0.25, 0.3) is 5.91 Å². The van der Waals surface area contributed by atoms with Gasteiger partial charge in [0.2, 0.25) is 0 Å². The summed E-state index contributed by atoms with van der Waals surface area (Å²) in [4.78, 5) is 14.2. The Bertz CT molecular complexity index is 1030. The van der Waals surface area contributed by atoms with E-state index < -0.39 is 0 Å². The predicted octanol–water partition coefficient (Wildman–Crippen LogP) is 3.79. The zero-order valence-corrected chi connectivity index (χ0v) is 15.0. The molecule has 0 saturated carbocycles. The van der Waals surface area contributed by atoms with Crippen LogP contribution in [0.25, 0.3) is 11.8 Å². The third kappa shape index (κ3) is 3.00. The normalized spacial score (nSPS) is 15.6. The van der Waals surface area contributed by atoms with E-state index in [9.17, 15) is 4.79 Å². The molecule has 3 aromatic rings. The number of para-hydroxylation sites is 2. The third-order valence-corrected chi connectivity index (χ3v) is 4.51. The Morgan fingerprint density at radius 1 is 1.08 bits per heavy atom. The molecule has 7 heteroatoms. The van der Waals surface area contributed by atoms with Crippen LogP contribution < -0.4 is 10.2 Å². The minimum Gasteiger partial charge on any atom is -0.327 e. The number of hydrogen-bond acceptors (Lipinski definition) is 3. The first-order chi connectivity index (χ1) is 12.6. The first-order valence-electron chi connectivity index (χ1n) is 7.85. The molecule has 26 heavy (non-hydrogen) atoms. The molecule has 0 aliphatic carbocycles. The summed E-state index contributed by atoms with van der Waals surface area (Å²) >= 11 is 11.5. The maximum atomic E-state index is 12.8. The van der Waals surface area contributed by atoms with E-state index in [2.05, 4.69) is 10.4 Å². The van der Waals surface area contributed by atoms with Gasteiger partial charge in [-0.3, -0.25) is 9.69 Å². The highest BCUT2D eigenvalue weighted by atomic mass is 35.5. The minimum absolute atomic E-state index is 0.254. The molecule has 128 valence electrons. The molecule has 0 spiro atoms. The number of halogens is 1. The molecule has 0 unspecified atom stereocenters. The third-order valence-electron chi connectivity index (χ3n) is 3.91. The maximum Gasteiger partial charge on any atom is 0.281 e. The summed E-state index contributed by atoms with van der Waals surface area (Å²) in [6, 6.07) is 16.8. The number of nitrogens with one attached hydrogen (secondary N) is 1. The number of benzene rings is 2. The van der Waals surface area contributed by atoms with E-state index in [1.54, 1.807) is 35.2 Å². The van der Waals surface area contributed by atoms with Crippen molar-refractivity contribution in [2.24, 2.45) is 0 Å². The summed E-state index contributed by atoms with van der Waals surface area (Å²) in [6.45, 7) is 0. The highest BCUT2D eigenvalue weighted by molar-refractivity contribution is 7.80. The molecule has 1 saturated heterocycles. The van der Waals surface area contributed by atoms with Crippen LogP contribution in [0.4, 0.5) is 5.69 Å². The van der Waals surface area contributed by atoms with Crippen LogP contribution in [0.3, 0.4) is 0 Å². The van der Waals surface area contributed by atoms with Crippen molar-refractivity contribution in [1.29, 1.82) is 0 Å². The van der Waals surface area contributed by atoms with Crippen LogP contribution in [-0.2, 0) is 4.79 Å². The standard InChI is InChI=1S/C19H13ClN4OS/c20-15-8-4-5-9-17(15)24-18(25)16(22-19(24)26)10-13-11-21-23(12-13)14-6-2-1-3-7-14/h1-12H,(H,22,26)/b16-10+. The quantitative estimate of drug-likeness (QED) is 0.555. The Hall–Kier alpha value is -2.96. The summed E-state index contributed by atoms with van der Waals surface area (Å²) < 4.78 is 1.75. The Labute approximate surface area is 160 Å². The van der Waals surface area contributed by atoms with Crippen LogP contribution in [0.2, 0.25) is 5.02 Å². The topological polar surface area (TPSA) is 50.2 Å². The average Bonchev–Trinajstić information content (AvgIpc) is 3.22. The fourth-order valence-electron chi connectivity index (χ4n) is 2.69. The number of nitrogens with zero attached hydrogens (tertiary/aromatic N) is 3. The molecule has 0 atom stereocenters. The number of hydrogen-bond donors (Lipinski definition) is 1. The summed E-state index contributed by atoms with van der Waals surface area (Å²) in [5.41, 5.74) is 2.66. The van der Waals surface area contributed by atoms with Gasteiger partial charge < -0.3 is 5.32 Å². The lowest BCUT2D eigenvalue weighted by molar-refractivity contribution is -0.113. The van der Waals surface area contributed by atoms with Crippen molar-refractivity contribution in [3.05, 3.63) is 83.3 Å². The molecule has 4 rings (SSSR count). The van der Waals surface area contributed by atoms with Crippen molar-refractivity contribution < 1.29 is 4.79 Å². The molecular weight excluding hydrogens is 368 g/mol. The number of thiocarbonyl (C=S) groups is 1. The second kappa shape index (κ2) is 6.74. The van der Waals surface area contributed by atoms with Crippen molar-refractivity contribution >= 4 is 46.6 Å². The van der Waals surface area contributed by atoms with Crippen LogP contribution in [0, 0.1) is 0 Å². The lowest BCUT2D eigenvalue weighted by Crippen LogP contribution is -2.30. The fraction of sp³-hybridized carbons (Fsp3) is 0. The molecule has 0 radical (unpaired) electrons. The van der Waals surface area contributed by atoms with Gasteiger partial charge in [0.05, 0.1) is 22.6 Å². The molecular formula is C19H13ClN4OS. The van der Waals surface area contributed by atoms with E-state index in [1.807, 2.05) is 42.6 Å². The van der Waals surface area contributed by atoms with E-state index in [0.717, 1.165) is 11.3 Å². The molecule has 1 N–H and O–H groups in total. The van der Waals surface area contributed by atoms with E-state index in [-0.39, 0.29) is 5.91 Å². The van der Waals surface area contributed by atoms with Crippen LogP contribution in [-0.4, -0.2) is 20.8 Å². The van der Waals surface area contributed by atoms with Gasteiger partial charge >= 0.3 is 0 Å². The van der Waals surface area contributed by atoms with E-state index in [4.69, 9.17) is 23.8 Å². The first kappa shape index (κ1) is 16.5. The Morgan fingerprint density at radius 2 is 1.81 bits per heavy atom. The lowest BCUT2D eigenvalue weighted by Gasteiger charge is -2.15. The van der Waals surface area contributed by atoms with E-state index in [0.29, 0.717) is 21.5 Å². The highest BCUT2D eigenvalue weighted by Gasteiger charge is 2.33. The summed E-state index contributed by atoms with van der Waals surface area (Å²) in [7, 11) is 0. The van der Waals surface area contributed by atoms with E-state index in [1.165, 1.54) is 4.90 Å². The number of aromatic nitrogens is 2. The number of carbonyl (C=O) groups excluding carboxylic acids is 1. The highest BCUT2D eigenvalue weighted by Crippen LogP contribution is 2.29. The average molecular weight is 381 g/mol. The van der Waals surface area contributed by atoms with Crippen molar-refractivity contribution in [3.8, 4) is 5.69 Å². The monoisotopic (exact) mass is 380 g/mol. The summed E-state index contributed by atoms with van der Waals surface area (Å²) in [5, 5.41) is 8.04. The molecule has 2 heterocycles. The zero-order chi connectivity index (χ0) is 18.1. The molecule has 1 aliphatic heterocycles. The van der Waals surface area contributed by atoms with Gasteiger partial charge in [-0.2, -0.15) is 5.10 Å².